The number of aromatic carboxylic acids is 1. The van der Waals surface area contributed by atoms with Gasteiger partial charge in [0.25, 0.3) is 5.91 Å². The van der Waals surface area contributed by atoms with Crippen LogP contribution < -0.4 is 15.1 Å². The van der Waals surface area contributed by atoms with Crippen molar-refractivity contribution in [3.8, 4) is 0 Å². The summed E-state index contributed by atoms with van der Waals surface area (Å²) in [6.07, 6.45) is 1.78. The summed E-state index contributed by atoms with van der Waals surface area (Å²) in [4.78, 5) is 33.2. The normalized spacial score (nSPS) is 13.7. The van der Waals surface area contributed by atoms with Crippen LogP contribution in [0.15, 0.2) is 66.9 Å². The number of carboxylic acids is 1. The maximum Gasteiger partial charge on any atom is 0.337 e. The number of nitrogens with one attached hydrogen (secondary N) is 1. The molecule has 1 saturated heterocycles. The second-order valence-electron chi connectivity index (χ2n) is 7.52. The molecule has 158 valence electrons. The van der Waals surface area contributed by atoms with E-state index in [1.807, 2.05) is 43.3 Å². The number of aromatic nitrogens is 1. The first-order chi connectivity index (χ1) is 15.0. The lowest BCUT2D eigenvalue weighted by atomic mass is 10.1. The van der Waals surface area contributed by atoms with Gasteiger partial charge in [0.1, 0.15) is 5.82 Å². The Morgan fingerprint density at radius 1 is 0.935 bits per heavy atom. The van der Waals surface area contributed by atoms with Gasteiger partial charge in [0, 0.05) is 43.6 Å². The first-order valence-electron chi connectivity index (χ1n) is 10.2. The molecule has 4 rings (SSSR count). The van der Waals surface area contributed by atoms with Gasteiger partial charge in [-0.05, 0) is 49.4 Å². The van der Waals surface area contributed by atoms with Crippen molar-refractivity contribution in [2.45, 2.75) is 6.92 Å². The summed E-state index contributed by atoms with van der Waals surface area (Å²) in [6, 6.07) is 18.1. The Balaban J connectivity index is 1.48. The van der Waals surface area contributed by atoms with Gasteiger partial charge >= 0.3 is 5.97 Å². The molecule has 2 aromatic carbocycles. The van der Waals surface area contributed by atoms with Crippen LogP contribution in [0.2, 0.25) is 0 Å². The van der Waals surface area contributed by atoms with Gasteiger partial charge in [0.2, 0.25) is 0 Å². The molecule has 0 atom stereocenters. The fraction of sp³-hybridized carbons (Fsp3) is 0.208. The predicted octanol–water partition coefficient (Wildman–Crippen LogP) is 3.67. The van der Waals surface area contributed by atoms with E-state index < -0.39 is 5.97 Å². The Labute approximate surface area is 181 Å². The summed E-state index contributed by atoms with van der Waals surface area (Å²) in [5.41, 5.74) is 2.72. The summed E-state index contributed by atoms with van der Waals surface area (Å²) in [5, 5.41) is 12.4. The van der Waals surface area contributed by atoms with Gasteiger partial charge in [-0.25, -0.2) is 9.78 Å². The third-order valence-corrected chi connectivity index (χ3v) is 5.41. The molecule has 0 aliphatic carbocycles. The summed E-state index contributed by atoms with van der Waals surface area (Å²) < 4.78 is 0. The summed E-state index contributed by atoms with van der Waals surface area (Å²) >= 11 is 0. The van der Waals surface area contributed by atoms with Crippen LogP contribution in [0.1, 0.15) is 26.3 Å². The molecule has 0 bridgehead atoms. The number of carbonyl (C=O) groups excluding carboxylic acids is 1. The van der Waals surface area contributed by atoms with Crippen molar-refractivity contribution in [2.75, 3.05) is 41.3 Å². The molecule has 1 aliphatic rings. The van der Waals surface area contributed by atoms with Crippen LogP contribution >= 0.6 is 0 Å². The minimum atomic E-state index is -1.08. The number of pyridine rings is 1. The van der Waals surface area contributed by atoms with Gasteiger partial charge in [-0.2, -0.15) is 0 Å². The van der Waals surface area contributed by atoms with Crippen molar-refractivity contribution in [2.24, 2.45) is 0 Å². The van der Waals surface area contributed by atoms with Gasteiger partial charge in [0.05, 0.1) is 11.3 Å². The number of rotatable bonds is 5. The van der Waals surface area contributed by atoms with Crippen molar-refractivity contribution >= 4 is 29.1 Å². The van der Waals surface area contributed by atoms with Crippen molar-refractivity contribution in [3.63, 3.8) is 0 Å². The molecular weight excluding hydrogens is 392 g/mol. The zero-order valence-electron chi connectivity index (χ0n) is 17.3. The maximum absolute atomic E-state index is 12.5. The number of carbonyl (C=O) groups is 2. The topological polar surface area (TPSA) is 85.8 Å². The zero-order valence-corrected chi connectivity index (χ0v) is 17.3. The van der Waals surface area contributed by atoms with Gasteiger partial charge in [0.15, 0.2) is 0 Å². The lowest BCUT2D eigenvalue weighted by Crippen LogP contribution is -2.46. The van der Waals surface area contributed by atoms with Crippen LogP contribution in [-0.4, -0.2) is 48.1 Å². The van der Waals surface area contributed by atoms with Gasteiger partial charge in [-0.15, -0.1) is 0 Å². The van der Waals surface area contributed by atoms with E-state index in [4.69, 9.17) is 0 Å². The average molecular weight is 416 g/mol. The number of piperazine rings is 1. The second kappa shape index (κ2) is 8.87. The van der Waals surface area contributed by atoms with E-state index >= 15 is 0 Å². The fourth-order valence-corrected chi connectivity index (χ4v) is 3.65. The van der Waals surface area contributed by atoms with Crippen molar-refractivity contribution in [1.82, 2.24) is 4.98 Å². The van der Waals surface area contributed by atoms with Crippen LogP contribution in [0.25, 0.3) is 0 Å². The highest BCUT2D eigenvalue weighted by Gasteiger charge is 2.21. The highest BCUT2D eigenvalue weighted by atomic mass is 16.4. The standard InChI is InChI=1S/C24H24N4O3/c1-17-5-7-18(8-6-17)23(29)26-21-10-9-19(16-20(21)24(30)31)27-12-14-28(15-13-27)22-4-2-3-11-25-22/h2-11,16H,12-15H2,1H3,(H,26,29)(H,30,31). The van der Waals surface area contributed by atoms with Crippen LogP contribution in [-0.2, 0) is 0 Å². The maximum atomic E-state index is 12.5. The largest absolute Gasteiger partial charge is 0.478 e. The van der Waals surface area contributed by atoms with E-state index in [0.29, 0.717) is 5.56 Å². The lowest BCUT2D eigenvalue weighted by Gasteiger charge is -2.36. The third-order valence-electron chi connectivity index (χ3n) is 5.41. The fourth-order valence-electron chi connectivity index (χ4n) is 3.65. The second-order valence-corrected chi connectivity index (χ2v) is 7.52. The number of benzene rings is 2. The Morgan fingerprint density at radius 3 is 2.29 bits per heavy atom. The van der Waals surface area contributed by atoms with Crippen LogP contribution in [0.4, 0.5) is 17.2 Å². The molecular formula is C24H24N4O3. The molecule has 2 N–H and O–H groups in total. The van der Waals surface area contributed by atoms with Crippen LogP contribution in [0.3, 0.4) is 0 Å². The van der Waals surface area contributed by atoms with Gasteiger partial charge < -0.3 is 20.2 Å². The molecule has 31 heavy (non-hydrogen) atoms. The Kier molecular flexibility index (Phi) is 5.84. The Hall–Kier alpha value is -3.87. The molecule has 1 amide bonds. The zero-order chi connectivity index (χ0) is 21.8. The van der Waals surface area contributed by atoms with E-state index in [2.05, 4.69) is 20.1 Å². The Morgan fingerprint density at radius 2 is 1.65 bits per heavy atom. The van der Waals surface area contributed by atoms with E-state index in [9.17, 15) is 14.7 Å². The van der Waals surface area contributed by atoms with Gasteiger partial charge in [-0.3, -0.25) is 4.79 Å². The molecule has 7 nitrogen and oxygen atoms in total. The van der Waals surface area contributed by atoms with Crippen molar-refractivity contribution in [1.29, 1.82) is 0 Å². The number of hydrogen-bond acceptors (Lipinski definition) is 5. The monoisotopic (exact) mass is 416 g/mol. The minimum absolute atomic E-state index is 0.0742. The third kappa shape index (κ3) is 4.66. The quantitative estimate of drug-likeness (QED) is 0.660. The van der Waals surface area contributed by atoms with Crippen LogP contribution in [0, 0.1) is 6.92 Å². The van der Waals surface area contributed by atoms with E-state index in [1.165, 1.54) is 0 Å². The molecule has 1 aromatic heterocycles. The number of hydrogen-bond donors (Lipinski definition) is 2. The SMILES string of the molecule is Cc1ccc(C(=O)Nc2ccc(N3CCN(c4ccccn4)CC3)cc2C(=O)O)cc1. The van der Waals surface area contributed by atoms with Crippen molar-refractivity contribution < 1.29 is 14.7 Å². The van der Waals surface area contributed by atoms with Gasteiger partial charge in [-0.1, -0.05) is 23.8 Å². The van der Waals surface area contributed by atoms with E-state index in [1.54, 1.807) is 30.5 Å². The molecule has 0 radical (unpaired) electrons. The molecule has 0 unspecified atom stereocenters. The van der Waals surface area contributed by atoms with E-state index in [-0.39, 0.29) is 17.2 Å². The number of anilines is 3. The molecule has 0 saturated carbocycles. The molecule has 1 fully saturated rings. The van der Waals surface area contributed by atoms with Crippen LogP contribution in [0.5, 0.6) is 0 Å². The van der Waals surface area contributed by atoms with Crippen molar-refractivity contribution in [3.05, 3.63) is 83.6 Å². The Bertz CT molecular complexity index is 1080. The summed E-state index contributed by atoms with van der Waals surface area (Å²) in [5.74, 6) is -0.463. The number of nitrogens with zero attached hydrogens (tertiary/aromatic N) is 3. The lowest BCUT2D eigenvalue weighted by molar-refractivity contribution is 0.0698. The first-order valence-corrected chi connectivity index (χ1v) is 10.2. The first kappa shape index (κ1) is 20.4. The smallest absolute Gasteiger partial charge is 0.337 e. The molecule has 7 heteroatoms. The highest BCUT2D eigenvalue weighted by molar-refractivity contribution is 6.08. The minimum Gasteiger partial charge on any atom is -0.478 e. The molecule has 1 aliphatic heterocycles. The van der Waals surface area contributed by atoms with E-state index in [0.717, 1.165) is 43.2 Å². The number of amides is 1. The number of aryl methyl sites for hydroxylation is 1. The molecule has 3 aromatic rings. The average Bonchev–Trinajstić information content (AvgIpc) is 2.80. The predicted molar refractivity (Wildman–Crippen MR) is 121 cm³/mol. The highest BCUT2D eigenvalue weighted by Crippen LogP contribution is 2.26. The number of carboxylic acid groups (broad SMARTS) is 1. The summed E-state index contributed by atoms with van der Waals surface area (Å²) in [7, 11) is 0. The molecule has 2 heterocycles. The summed E-state index contributed by atoms with van der Waals surface area (Å²) in [6.45, 7) is 5.05. The molecule has 0 spiro atoms.